The first kappa shape index (κ1) is 19.8. The predicted molar refractivity (Wildman–Crippen MR) is 117 cm³/mol. The van der Waals surface area contributed by atoms with E-state index in [4.69, 9.17) is 4.98 Å². The van der Waals surface area contributed by atoms with E-state index in [-0.39, 0.29) is 11.8 Å². The molecule has 1 aliphatic carbocycles. The van der Waals surface area contributed by atoms with Crippen LogP contribution in [0.4, 0.5) is 5.82 Å². The van der Waals surface area contributed by atoms with Crippen molar-refractivity contribution < 1.29 is 4.79 Å². The molecule has 3 aliphatic rings. The minimum atomic E-state index is 0.0647. The van der Waals surface area contributed by atoms with E-state index in [0.29, 0.717) is 12.1 Å². The van der Waals surface area contributed by atoms with Crippen molar-refractivity contribution in [1.29, 1.82) is 0 Å². The quantitative estimate of drug-likeness (QED) is 0.777. The number of amides is 1. The van der Waals surface area contributed by atoms with E-state index in [9.17, 15) is 4.79 Å². The summed E-state index contributed by atoms with van der Waals surface area (Å²) in [5, 5.41) is 11.3. The Bertz CT molecular complexity index is 910. The van der Waals surface area contributed by atoms with Gasteiger partial charge >= 0.3 is 0 Å². The van der Waals surface area contributed by atoms with Crippen molar-refractivity contribution in [2.45, 2.75) is 50.6 Å². The van der Waals surface area contributed by atoms with Crippen LogP contribution in [-0.4, -0.2) is 77.8 Å². The Hall–Kier alpha value is -2.19. The maximum atomic E-state index is 12.9. The molecule has 0 spiro atoms. The van der Waals surface area contributed by atoms with E-state index < -0.39 is 0 Å². The summed E-state index contributed by atoms with van der Waals surface area (Å²) in [7, 11) is 4.30. The van der Waals surface area contributed by atoms with Crippen molar-refractivity contribution in [1.82, 2.24) is 30.1 Å². The van der Waals surface area contributed by atoms with E-state index in [1.807, 2.05) is 16.8 Å². The van der Waals surface area contributed by atoms with Crippen LogP contribution in [0.1, 0.15) is 36.9 Å². The van der Waals surface area contributed by atoms with Crippen LogP contribution in [0.15, 0.2) is 12.3 Å². The number of carbonyl (C=O) groups excluding carboxylic acids is 1. The zero-order valence-corrected chi connectivity index (χ0v) is 18.1. The molecule has 2 fully saturated rings. The molecule has 30 heavy (non-hydrogen) atoms. The Kier molecular flexibility index (Phi) is 5.37. The number of nitrogens with zero attached hydrogens (tertiary/aromatic N) is 5. The minimum absolute atomic E-state index is 0.0647. The molecule has 0 bridgehead atoms. The molecule has 0 unspecified atom stereocenters. The van der Waals surface area contributed by atoms with Gasteiger partial charge in [-0.05, 0) is 52.7 Å². The molecule has 2 N–H and O–H groups in total. The number of aromatic nitrogens is 3. The molecule has 2 aromatic heterocycles. The second-order valence-corrected chi connectivity index (χ2v) is 9.29. The molecule has 8 heteroatoms. The third kappa shape index (κ3) is 3.67. The minimum Gasteiger partial charge on any atom is -0.354 e. The van der Waals surface area contributed by atoms with Crippen molar-refractivity contribution in [2.24, 2.45) is 5.92 Å². The van der Waals surface area contributed by atoms with Crippen molar-refractivity contribution in [2.75, 3.05) is 45.2 Å². The normalized spacial score (nSPS) is 25.1. The second-order valence-electron chi connectivity index (χ2n) is 9.29. The first-order chi connectivity index (χ1) is 14.6. The van der Waals surface area contributed by atoms with Gasteiger partial charge in [0.25, 0.3) is 0 Å². The van der Waals surface area contributed by atoms with Crippen molar-refractivity contribution in [3.05, 3.63) is 23.5 Å². The predicted octanol–water partition coefficient (Wildman–Crippen LogP) is 0.843. The lowest BCUT2D eigenvalue weighted by molar-refractivity contribution is -0.126. The lowest BCUT2D eigenvalue weighted by Crippen LogP contribution is -2.56. The van der Waals surface area contributed by atoms with Crippen LogP contribution in [0.3, 0.4) is 0 Å². The van der Waals surface area contributed by atoms with Crippen LogP contribution in [-0.2, 0) is 17.6 Å². The second kappa shape index (κ2) is 8.15. The van der Waals surface area contributed by atoms with Gasteiger partial charge in [-0.2, -0.15) is 9.61 Å². The van der Waals surface area contributed by atoms with E-state index in [0.717, 1.165) is 63.3 Å². The summed E-state index contributed by atoms with van der Waals surface area (Å²) in [6.45, 7) is 3.45. The molecule has 0 atom stereocenters. The number of carbonyl (C=O) groups is 1. The zero-order chi connectivity index (χ0) is 20.7. The molecule has 8 nitrogen and oxygen atoms in total. The molecular formula is C22H33N7O. The van der Waals surface area contributed by atoms with E-state index in [1.54, 1.807) is 0 Å². The maximum Gasteiger partial charge on any atom is 0.226 e. The van der Waals surface area contributed by atoms with Gasteiger partial charge in [-0.3, -0.25) is 4.79 Å². The maximum absolute atomic E-state index is 12.9. The lowest BCUT2D eigenvalue weighted by Gasteiger charge is -2.42. The molecule has 0 radical (unpaired) electrons. The highest BCUT2D eigenvalue weighted by Gasteiger charge is 2.37. The summed E-state index contributed by atoms with van der Waals surface area (Å²) in [5.74, 6) is 1.42. The standard InChI is InChI=1S/C22H33N7O/c1-27(2)17-5-3-16(4-6-17)25-21(30)15-13-28(14-15)22-18-7-10-23-11-8-19(18)26-20-9-12-24-29(20)22/h9,12,15-17,23H,3-8,10-11,13-14H2,1-2H3,(H,25,30). The Morgan fingerprint density at radius 2 is 1.93 bits per heavy atom. The fraction of sp³-hybridized carbons (Fsp3) is 0.682. The van der Waals surface area contributed by atoms with Gasteiger partial charge in [0.2, 0.25) is 5.91 Å². The van der Waals surface area contributed by atoms with E-state index >= 15 is 0 Å². The van der Waals surface area contributed by atoms with E-state index in [2.05, 4.69) is 39.6 Å². The molecule has 1 saturated heterocycles. The van der Waals surface area contributed by atoms with Gasteiger partial charge in [-0.15, -0.1) is 0 Å². The topological polar surface area (TPSA) is 77.8 Å². The number of nitrogens with one attached hydrogen (secondary N) is 2. The fourth-order valence-corrected chi connectivity index (χ4v) is 5.21. The Morgan fingerprint density at radius 3 is 2.70 bits per heavy atom. The van der Waals surface area contributed by atoms with Gasteiger partial charge in [0.15, 0.2) is 5.65 Å². The average molecular weight is 412 g/mol. The zero-order valence-electron chi connectivity index (χ0n) is 18.1. The Morgan fingerprint density at radius 1 is 1.17 bits per heavy atom. The van der Waals surface area contributed by atoms with Crippen LogP contribution in [0.5, 0.6) is 0 Å². The Labute approximate surface area is 178 Å². The van der Waals surface area contributed by atoms with Gasteiger partial charge in [0, 0.05) is 49.8 Å². The number of hydrogen-bond acceptors (Lipinski definition) is 6. The van der Waals surface area contributed by atoms with Gasteiger partial charge in [-0.25, -0.2) is 4.98 Å². The fourth-order valence-electron chi connectivity index (χ4n) is 5.21. The molecule has 1 saturated carbocycles. The van der Waals surface area contributed by atoms with Crippen LogP contribution in [0.25, 0.3) is 5.65 Å². The third-order valence-electron chi connectivity index (χ3n) is 7.11. The number of anilines is 1. The summed E-state index contributed by atoms with van der Waals surface area (Å²) >= 11 is 0. The van der Waals surface area contributed by atoms with Gasteiger partial charge < -0.3 is 20.4 Å². The lowest BCUT2D eigenvalue weighted by atomic mass is 9.89. The van der Waals surface area contributed by atoms with Crippen LogP contribution >= 0.6 is 0 Å². The monoisotopic (exact) mass is 411 g/mol. The van der Waals surface area contributed by atoms with Crippen molar-refractivity contribution in [3.63, 3.8) is 0 Å². The third-order valence-corrected chi connectivity index (χ3v) is 7.11. The van der Waals surface area contributed by atoms with Crippen LogP contribution in [0, 0.1) is 5.92 Å². The molecule has 162 valence electrons. The molecular weight excluding hydrogens is 378 g/mol. The molecule has 2 aliphatic heterocycles. The van der Waals surface area contributed by atoms with E-state index in [1.165, 1.54) is 24.1 Å². The Balaban J connectivity index is 1.25. The summed E-state index contributed by atoms with van der Waals surface area (Å²) in [5.41, 5.74) is 3.36. The SMILES string of the molecule is CN(C)C1CCC(NC(=O)C2CN(c3c4c(nc5ccnn35)CCNCC4)C2)CC1. The van der Waals surface area contributed by atoms with Crippen LogP contribution in [0.2, 0.25) is 0 Å². The van der Waals surface area contributed by atoms with Crippen molar-refractivity contribution in [3.8, 4) is 0 Å². The molecule has 1 amide bonds. The van der Waals surface area contributed by atoms with Crippen molar-refractivity contribution >= 4 is 17.4 Å². The number of hydrogen-bond donors (Lipinski definition) is 2. The molecule has 0 aromatic carbocycles. The highest BCUT2D eigenvalue weighted by Crippen LogP contribution is 2.32. The highest BCUT2D eigenvalue weighted by atomic mass is 16.2. The average Bonchev–Trinajstić information content (AvgIpc) is 3.03. The summed E-state index contributed by atoms with van der Waals surface area (Å²) < 4.78 is 1.96. The smallest absolute Gasteiger partial charge is 0.226 e. The number of rotatable bonds is 4. The summed E-state index contributed by atoms with van der Waals surface area (Å²) in [4.78, 5) is 22.3. The van der Waals surface area contributed by atoms with Gasteiger partial charge in [0.1, 0.15) is 5.82 Å². The number of fused-ring (bicyclic) bond motifs is 2. The summed E-state index contributed by atoms with van der Waals surface area (Å²) in [6.07, 6.45) is 8.23. The molecule has 4 heterocycles. The van der Waals surface area contributed by atoms with Gasteiger partial charge in [-0.1, -0.05) is 0 Å². The summed E-state index contributed by atoms with van der Waals surface area (Å²) in [6, 6.07) is 2.96. The largest absolute Gasteiger partial charge is 0.354 e. The first-order valence-electron chi connectivity index (χ1n) is 11.4. The highest BCUT2D eigenvalue weighted by molar-refractivity contribution is 5.82. The van der Waals surface area contributed by atoms with Gasteiger partial charge in [0.05, 0.1) is 17.8 Å². The molecule has 5 rings (SSSR count). The molecule has 2 aromatic rings. The van der Waals surface area contributed by atoms with Crippen LogP contribution < -0.4 is 15.5 Å². The first-order valence-corrected chi connectivity index (χ1v) is 11.4.